The Kier molecular flexibility index (Phi) is 12.8. The monoisotopic (exact) mass is 870 g/mol. The van der Waals surface area contributed by atoms with Crippen LogP contribution in [-0.2, 0) is 20.9 Å². The molecule has 6 unspecified atom stereocenters. The number of ether oxygens (including phenoxy) is 5. The first kappa shape index (κ1) is 43.9. The van der Waals surface area contributed by atoms with Crippen LogP contribution in [0.2, 0.25) is 0 Å². The normalized spacial score (nSPS) is 24.9. The number of unbranched alkanes of at least 4 members (excludes halogenated alkanes) is 2. The number of carbonyl (C=O) groups is 1. The van der Waals surface area contributed by atoms with Crippen LogP contribution in [-0.4, -0.2) is 70.8 Å². The van der Waals surface area contributed by atoms with Crippen molar-refractivity contribution in [3.63, 3.8) is 0 Å². The highest BCUT2D eigenvalue weighted by Crippen LogP contribution is 2.62. The predicted molar refractivity (Wildman–Crippen MR) is 246 cm³/mol. The molecule has 6 atom stereocenters. The topological polar surface area (TPSA) is 129 Å². The maximum absolute atomic E-state index is 15.0. The highest BCUT2D eigenvalue weighted by molar-refractivity contribution is 6.03. The minimum Gasteiger partial charge on any atom is -0.459 e. The zero-order valence-corrected chi connectivity index (χ0v) is 37.4. The molecule has 4 aromatic rings. The van der Waals surface area contributed by atoms with Gasteiger partial charge in [0.05, 0.1) is 18.2 Å². The molecule has 4 aromatic carbocycles. The molecule has 0 spiro atoms. The van der Waals surface area contributed by atoms with E-state index in [0.717, 1.165) is 77.5 Å². The van der Waals surface area contributed by atoms with Gasteiger partial charge in [0.2, 0.25) is 18.5 Å². The van der Waals surface area contributed by atoms with Crippen molar-refractivity contribution in [3.8, 4) is 28.7 Å². The molecule has 2 heterocycles. The average Bonchev–Trinajstić information content (AvgIpc) is 4.04. The maximum atomic E-state index is 15.0. The molecule has 5 aliphatic rings. The number of benzene rings is 4. The number of aliphatic hydroxyl groups excluding tert-OH is 2. The summed E-state index contributed by atoms with van der Waals surface area (Å²) in [6, 6.07) is 25.7. The molecule has 0 saturated heterocycles. The largest absolute Gasteiger partial charge is 0.459 e. The summed E-state index contributed by atoms with van der Waals surface area (Å²) < 4.78 is 32.9. The first-order valence-electron chi connectivity index (χ1n) is 23.2. The van der Waals surface area contributed by atoms with Crippen molar-refractivity contribution in [2.24, 2.45) is 28.8 Å². The third-order valence-corrected chi connectivity index (χ3v) is 13.4. The van der Waals surface area contributed by atoms with Crippen LogP contribution in [0.4, 0.5) is 0 Å². The molecule has 2 fully saturated rings. The highest BCUT2D eigenvalue weighted by atomic mass is 16.7. The van der Waals surface area contributed by atoms with Crippen molar-refractivity contribution in [2.75, 3.05) is 26.6 Å². The number of amides is 1. The van der Waals surface area contributed by atoms with Crippen molar-refractivity contribution < 1.29 is 43.5 Å². The lowest BCUT2D eigenvalue weighted by Gasteiger charge is -2.60. The number of carbonyl (C=O) groups excluding carboxylic acids is 1. The van der Waals surface area contributed by atoms with Crippen LogP contribution >= 0.6 is 0 Å². The summed E-state index contributed by atoms with van der Waals surface area (Å²) in [5, 5.41) is 27.3. The van der Waals surface area contributed by atoms with E-state index in [-0.39, 0.29) is 62.7 Å². The third-order valence-electron chi connectivity index (χ3n) is 13.4. The van der Waals surface area contributed by atoms with Gasteiger partial charge in [0.15, 0.2) is 11.5 Å². The first-order valence-corrected chi connectivity index (χ1v) is 23.2. The summed E-state index contributed by atoms with van der Waals surface area (Å²) in [6.45, 7) is 10.9. The van der Waals surface area contributed by atoms with Crippen molar-refractivity contribution in [2.45, 2.75) is 108 Å². The fraction of sp³-hybridized carbons (Fsp3) is 0.472. The van der Waals surface area contributed by atoms with Gasteiger partial charge in [-0.3, -0.25) is 4.79 Å². The zero-order chi connectivity index (χ0) is 44.4. The van der Waals surface area contributed by atoms with Gasteiger partial charge in [0, 0.05) is 43.6 Å². The standard InChI is InChI=1S/C53H62N2O9/c1-5-26-61-53-48(55(51(58)36-17-18-36)32-34-16-22-46-47(27-34)60-33-59-46)31-44(54-64-52(2,3)4)42-29-38(14-8-10-24-56)41(15-9-11-25-57)49(50(42)53)43-30-40(21-23-45(43)63-53)62-39-20-19-35-12-6-7-13-37(35)28-39/h5-7,12-13,16,19-23,27-30,36,38,41,48-50,56-57H,1,8-11,14-15,17-18,24-26,31-33H2,2-4H3. The van der Waals surface area contributed by atoms with Gasteiger partial charge in [-0.15, -0.1) is 6.58 Å². The second-order valence-corrected chi connectivity index (χ2v) is 19.0. The lowest BCUT2D eigenvalue weighted by molar-refractivity contribution is -0.258. The van der Waals surface area contributed by atoms with E-state index in [1.165, 1.54) is 0 Å². The van der Waals surface area contributed by atoms with Crippen LogP contribution in [0.15, 0.2) is 108 Å². The summed E-state index contributed by atoms with van der Waals surface area (Å²) >= 11 is 0. The molecule has 0 aromatic heterocycles. The van der Waals surface area contributed by atoms with E-state index in [2.05, 4.69) is 43.0 Å². The van der Waals surface area contributed by atoms with Gasteiger partial charge >= 0.3 is 0 Å². The van der Waals surface area contributed by atoms with Crippen LogP contribution in [0.3, 0.4) is 0 Å². The Balaban J connectivity index is 1.23. The summed E-state index contributed by atoms with van der Waals surface area (Å²) in [7, 11) is 0. The van der Waals surface area contributed by atoms with Gasteiger partial charge in [-0.1, -0.05) is 66.5 Å². The molecule has 11 heteroatoms. The molecule has 3 aliphatic carbocycles. The lowest BCUT2D eigenvalue weighted by atomic mass is 9.55. The smallest absolute Gasteiger partial charge is 0.239 e. The Morgan fingerprint density at radius 2 is 1.62 bits per heavy atom. The highest BCUT2D eigenvalue weighted by Gasteiger charge is 2.66. The SMILES string of the molecule is C=CCOC12Oc3ccc(Oc4ccc5ccccc5c4)cc3C3C(CCCCO)C(CCCCO)C=C(C(=NOC(C)(C)C)CC1N(Cc1ccc4c(c1)OCO4)C(=O)C1CC1)C32. The van der Waals surface area contributed by atoms with E-state index in [1.807, 2.05) is 74.2 Å². The van der Waals surface area contributed by atoms with Crippen molar-refractivity contribution in [1.29, 1.82) is 0 Å². The number of aliphatic hydroxyl groups is 2. The molecule has 2 N–H and O–H groups in total. The number of rotatable bonds is 18. The first-order chi connectivity index (χ1) is 31.1. The molecule has 1 amide bonds. The van der Waals surface area contributed by atoms with Gasteiger partial charge in [-0.2, -0.15) is 0 Å². The average molecular weight is 871 g/mol. The molecule has 64 heavy (non-hydrogen) atoms. The van der Waals surface area contributed by atoms with E-state index < -0.39 is 23.3 Å². The zero-order valence-electron chi connectivity index (χ0n) is 37.4. The molecular weight excluding hydrogens is 809 g/mol. The van der Waals surface area contributed by atoms with Crippen molar-refractivity contribution >= 4 is 22.4 Å². The molecular formula is C53H62N2O9. The van der Waals surface area contributed by atoms with Crippen LogP contribution in [0.25, 0.3) is 10.8 Å². The number of fused-ring (bicyclic) bond motifs is 4. The fourth-order valence-corrected chi connectivity index (χ4v) is 10.4. The Hall–Kier alpha value is -5.36. The Bertz CT molecular complexity index is 2400. The summed E-state index contributed by atoms with van der Waals surface area (Å²) in [5.74, 6) is 1.56. The number of hydrogen-bond acceptors (Lipinski definition) is 10. The molecule has 0 radical (unpaired) electrons. The lowest BCUT2D eigenvalue weighted by Crippen LogP contribution is -2.70. The van der Waals surface area contributed by atoms with Crippen LogP contribution < -0.4 is 18.9 Å². The van der Waals surface area contributed by atoms with Crippen molar-refractivity contribution in [3.05, 3.63) is 114 Å². The van der Waals surface area contributed by atoms with Gasteiger partial charge in [0.1, 0.15) is 28.9 Å². The van der Waals surface area contributed by atoms with E-state index in [1.54, 1.807) is 6.08 Å². The Morgan fingerprint density at radius 3 is 2.39 bits per heavy atom. The van der Waals surface area contributed by atoms with E-state index in [0.29, 0.717) is 42.3 Å². The molecule has 9 rings (SSSR count). The van der Waals surface area contributed by atoms with E-state index >= 15 is 0 Å². The maximum Gasteiger partial charge on any atom is 0.239 e. The second kappa shape index (κ2) is 18.6. The third kappa shape index (κ3) is 8.99. The van der Waals surface area contributed by atoms with Crippen LogP contribution in [0.5, 0.6) is 28.7 Å². The van der Waals surface area contributed by atoms with Crippen molar-refractivity contribution in [1.82, 2.24) is 4.90 Å². The molecule has 338 valence electrons. The number of oxime groups is 1. The molecule has 2 aliphatic heterocycles. The number of nitrogens with zero attached hydrogens (tertiary/aromatic N) is 2. The molecule has 11 nitrogen and oxygen atoms in total. The van der Waals surface area contributed by atoms with Gasteiger partial charge in [0.25, 0.3) is 0 Å². The van der Waals surface area contributed by atoms with E-state index in [4.69, 9.17) is 33.7 Å². The summed E-state index contributed by atoms with van der Waals surface area (Å²) in [6.07, 6.45) is 10.8. The minimum absolute atomic E-state index is 0.0510. The fourth-order valence-electron chi connectivity index (χ4n) is 10.4. The predicted octanol–water partition coefficient (Wildman–Crippen LogP) is 10.2. The van der Waals surface area contributed by atoms with E-state index in [9.17, 15) is 15.0 Å². The number of hydrogen-bond donors (Lipinski definition) is 2. The second-order valence-electron chi connectivity index (χ2n) is 19.0. The Morgan fingerprint density at radius 1 is 0.891 bits per heavy atom. The summed E-state index contributed by atoms with van der Waals surface area (Å²) in [5.41, 5.74) is 3.08. The minimum atomic E-state index is -1.37. The van der Waals surface area contributed by atoms with Gasteiger partial charge in [-0.05, 0) is 136 Å². The Labute approximate surface area is 376 Å². The van der Waals surface area contributed by atoms with Gasteiger partial charge < -0.3 is 43.6 Å². The molecule has 2 saturated carbocycles. The number of allylic oxidation sites excluding steroid dienone is 1. The molecule has 0 bridgehead atoms. The van der Waals surface area contributed by atoms with Crippen LogP contribution in [0, 0.1) is 23.7 Å². The quantitative estimate of drug-likeness (QED) is 0.0571. The summed E-state index contributed by atoms with van der Waals surface area (Å²) in [4.78, 5) is 23.3. The van der Waals surface area contributed by atoms with Crippen LogP contribution in [0.1, 0.15) is 95.6 Å². The van der Waals surface area contributed by atoms with Gasteiger partial charge in [-0.25, -0.2) is 0 Å².